The van der Waals surface area contributed by atoms with E-state index in [0.717, 1.165) is 43.4 Å². The molecule has 2 fully saturated rings. The van der Waals surface area contributed by atoms with Gasteiger partial charge in [0.15, 0.2) is 0 Å². The Kier molecular flexibility index (Phi) is 6.57. The third-order valence-corrected chi connectivity index (χ3v) is 5.58. The third kappa shape index (κ3) is 4.62. The second-order valence-electron chi connectivity index (χ2n) is 6.81. The molecule has 0 aromatic rings. The molecule has 0 bridgehead atoms. The Hall–Kier alpha value is -0.840. The van der Waals surface area contributed by atoms with Gasteiger partial charge in [-0.1, -0.05) is 25.3 Å². The average molecular weight is 277 g/mol. The molecule has 0 saturated heterocycles. The topological polar surface area (TPSA) is 23.8 Å². The van der Waals surface area contributed by atoms with Crippen LogP contribution in [0.1, 0.15) is 70.6 Å². The van der Waals surface area contributed by atoms with Crippen LogP contribution in [0.4, 0.5) is 4.39 Å². The average Bonchev–Trinajstić information content (AvgIpc) is 2.52. The van der Waals surface area contributed by atoms with Gasteiger partial charge in [-0.25, -0.2) is 4.39 Å². The summed E-state index contributed by atoms with van der Waals surface area (Å²) in [5, 5.41) is 8.96. The van der Waals surface area contributed by atoms with Crippen LogP contribution in [0.15, 0.2) is 12.4 Å². The molecule has 0 aliphatic heterocycles. The van der Waals surface area contributed by atoms with Gasteiger partial charge in [-0.3, -0.25) is 0 Å². The number of hydrogen-bond donors (Lipinski definition) is 0. The first-order valence-corrected chi connectivity index (χ1v) is 8.48. The van der Waals surface area contributed by atoms with Gasteiger partial charge in [0.2, 0.25) is 0 Å². The summed E-state index contributed by atoms with van der Waals surface area (Å²) in [5.74, 6) is 3.05. The molecule has 0 unspecified atom stereocenters. The van der Waals surface area contributed by atoms with Gasteiger partial charge in [-0.15, -0.1) is 0 Å². The van der Waals surface area contributed by atoms with Crippen LogP contribution < -0.4 is 0 Å². The van der Waals surface area contributed by atoms with Gasteiger partial charge in [-0.2, -0.15) is 5.26 Å². The molecule has 0 spiro atoms. The Morgan fingerprint density at radius 3 is 2.10 bits per heavy atom. The lowest BCUT2D eigenvalue weighted by molar-refractivity contribution is 0.153. The van der Waals surface area contributed by atoms with Crippen molar-refractivity contribution >= 4 is 0 Å². The van der Waals surface area contributed by atoms with Crippen LogP contribution in [-0.4, -0.2) is 0 Å². The van der Waals surface area contributed by atoms with Crippen molar-refractivity contribution in [3.63, 3.8) is 0 Å². The van der Waals surface area contributed by atoms with E-state index < -0.39 is 0 Å². The highest BCUT2D eigenvalue weighted by molar-refractivity contribution is 4.89. The van der Waals surface area contributed by atoms with Crippen molar-refractivity contribution in [1.29, 1.82) is 5.26 Å². The zero-order chi connectivity index (χ0) is 14.2. The van der Waals surface area contributed by atoms with Crippen LogP contribution in [0.3, 0.4) is 0 Å². The van der Waals surface area contributed by atoms with Crippen molar-refractivity contribution in [1.82, 2.24) is 0 Å². The molecule has 20 heavy (non-hydrogen) atoms. The molecule has 2 rings (SSSR count). The first kappa shape index (κ1) is 15.5. The van der Waals surface area contributed by atoms with E-state index in [1.165, 1.54) is 44.9 Å². The number of unbranched alkanes of at least 4 members (excludes halogenated alkanes) is 1. The Labute approximate surface area is 123 Å². The SMILES string of the molecule is N#C[C@H]1CC[C@H]([C@H]2CC[C@H](CCCC=CF)CC2)CC1. The Morgan fingerprint density at radius 1 is 0.950 bits per heavy atom. The minimum absolute atomic E-state index is 0.339. The summed E-state index contributed by atoms with van der Waals surface area (Å²) in [7, 11) is 0. The van der Waals surface area contributed by atoms with E-state index in [4.69, 9.17) is 5.26 Å². The number of rotatable bonds is 5. The van der Waals surface area contributed by atoms with E-state index in [2.05, 4.69) is 6.07 Å². The second-order valence-corrected chi connectivity index (χ2v) is 6.81. The summed E-state index contributed by atoms with van der Waals surface area (Å²) in [4.78, 5) is 0. The van der Waals surface area contributed by atoms with Gasteiger partial charge < -0.3 is 0 Å². The monoisotopic (exact) mass is 277 g/mol. The Balaban J connectivity index is 1.63. The van der Waals surface area contributed by atoms with Gasteiger partial charge in [-0.05, 0) is 69.1 Å². The highest BCUT2D eigenvalue weighted by Gasteiger charge is 2.30. The summed E-state index contributed by atoms with van der Waals surface area (Å²) in [5.41, 5.74) is 0. The lowest BCUT2D eigenvalue weighted by Gasteiger charge is -2.36. The maximum atomic E-state index is 11.9. The number of nitrogens with zero attached hydrogens (tertiary/aromatic N) is 1. The summed E-state index contributed by atoms with van der Waals surface area (Å²) in [6.07, 6.45) is 16.0. The molecule has 2 heteroatoms. The third-order valence-electron chi connectivity index (χ3n) is 5.58. The molecule has 0 heterocycles. The van der Waals surface area contributed by atoms with Crippen LogP contribution in [0, 0.1) is 35.0 Å². The molecule has 0 amide bonds. The predicted octanol–water partition coefficient (Wildman–Crippen LogP) is 5.78. The number of hydrogen-bond acceptors (Lipinski definition) is 1. The number of nitriles is 1. The highest BCUT2D eigenvalue weighted by Crippen LogP contribution is 2.42. The summed E-state index contributed by atoms with van der Waals surface area (Å²) in [6, 6.07) is 2.44. The Bertz CT molecular complexity index is 328. The largest absolute Gasteiger partial charge is 0.216 e. The van der Waals surface area contributed by atoms with E-state index in [0.29, 0.717) is 12.2 Å². The molecule has 2 saturated carbocycles. The van der Waals surface area contributed by atoms with Crippen molar-refractivity contribution in [3.8, 4) is 6.07 Å². The summed E-state index contributed by atoms with van der Waals surface area (Å²) < 4.78 is 11.9. The fourth-order valence-corrected chi connectivity index (χ4v) is 4.26. The highest BCUT2D eigenvalue weighted by atomic mass is 19.1. The molecule has 2 aliphatic rings. The van der Waals surface area contributed by atoms with E-state index in [1.54, 1.807) is 6.08 Å². The molecular weight excluding hydrogens is 249 g/mol. The second kappa shape index (κ2) is 8.45. The van der Waals surface area contributed by atoms with Crippen molar-refractivity contribution in [2.75, 3.05) is 0 Å². The summed E-state index contributed by atoms with van der Waals surface area (Å²) >= 11 is 0. The Morgan fingerprint density at radius 2 is 1.55 bits per heavy atom. The minimum atomic E-state index is 0.339. The quantitative estimate of drug-likeness (QED) is 0.585. The molecule has 0 radical (unpaired) electrons. The maximum Gasteiger partial charge on any atom is 0.0827 e. The van der Waals surface area contributed by atoms with Crippen LogP contribution in [0.2, 0.25) is 0 Å². The zero-order valence-corrected chi connectivity index (χ0v) is 12.6. The van der Waals surface area contributed by atoms with Crippen LogP contribution in [-0.2, 0) is 0 Å². The molecule has 0 atom stereocenters. The van der Waals surface area contributed by atoms with Crippen LogP contribution in [0.5, 0.6) is 0 Å². The smallest absolute Gasteiger partial charge is 0.0827 e. The minimum Gasteiger partial charge on any atom is -0.216 e. The van der Waals surface area contributed by atoms with Crippen molar-refractivity contribution < 1.29 is 4.39 Å². The van der Waals surface area contributed by atoms with Crippen molar-refractivity contribution in [2.24, 2.45) is 23.7 Å². The van der Waals surface area contributed by atoms with E-state index in [9.17, 15) is 4.39 Å². The van der Waals surface area contributed by atoms with Gasteiger partial charge in [0, 0.05) is 5.92 Å². The number of allylic oxidation sites excluding steroid dienone is 1. The lowest BCUT2D eigenvalue weighted by atomic mass is 9.69. The van der Waals surface area contributed by atoms with Gasteiger partial charge >= 0.3 is 0 Å². The molecule has 0 N–H and O–H groups in total. The first-order chi connectivity index (χ1) is 9.83. The van der Waals surface area contributed by atoms with E-state index in [-0.39, 0.29) is 0 Å². The lowest BCUT2D eigenvalue weighted by Crippen LogP contribution is -2.25. The van der Waals surface area contributed by atoms with Crippen molar-refractivity contribution in [2.45, 2.75) is 70.6 Å². The normalized spacial score (nSPS) is 35.0. The molecule has 0 aromatic heterocycles. The standard InChI is InChI=1S/C18H28FN/c19-13-3-1-2-4-15-5-9-17(10-6-15)18-11-7-16(14-20)8-12-18/h3,13,15-18H,1-2,4-12H2/t15-,16-,17-,18-. The molecule has 0 aromatic carbocycles. The molecule has 2 aliphatic carbocycles. The predicted molar refractivity (Wildman–Crippen MR) is 80.6 cm³/mol. The zero-order valence-electron chi connectivity index (χ0n) is 12.6. The van der Waals surface area contributed by atoms with Crippen LogP contribution >= 0.6 is 0 Å². The maximum absolute atomic E-state index is 11.9. The van der Waals surface area contributed by atoms with Gasteiger partial charge in [0.05, 0.1) is 12.4 Å². The summed E-state index contributed by atoms with van der Waals surface area (Å²) in [6.45, 7) is 0. The molecule has 1 nitrogen and oxygen atoms in total. The number of halogens is 1. The first-order valence-electron chi connectivity index (χ1n) is 8.48. The van der Waals surface area contributed by atoms with Crippen molar-refractivity contribution in [3.05, 3.63) is 12.4 Å². The van der Waals surface area contributed by atoms with Gasteiger partial charge in [0.1, 0.15) is 0 Å². The molecular formula is C18H28FN. The van der Waals surface area contributed by atoms with E-state index in [1.807, 2.05) is 0 Å². The molecule has 112 valence electrons. The fourth-order valence-electron chi connectivity index (χ4n) is 4.26. The fraction of sp³-hybridized carbons (Fsp3) is 0.833. The van der Waals surface area contributed by atoms with Gasteiger partial charge in [0.25, 0.3) is 0 Å². The van der Waals surface area contributed by atoms with Crippen LogP contribution in [0.25, 0.3) is 0 Å². The van der Waals surface area contributed by atoms with E-state index >= 15 is 0 Å².